The molecule has 3 amide bonds. The molecule has 0 atom stereocenters. The molecule has 10 heteroatoms. The molecule has 2 aromatic carbocycles. The van der Waals surface area contributed by atoms with Gasteiger partial charge in [0.2, 0.25) is 5.91 Å². The number of nitrogens with one attached hydrogen (secondary N) is 1. The molecule has 0 radical (unpaired) electrons. The number of nitrogens with zero attached hydrogens (tertiary/aromatic N) is 2. The van der Waals surface area contributed by atoms with E-state index in [2.05, 4.69) is 19.2 Å². The standard InChI is InChI=1S/C25H38N2O3.C21H29NO4/c1-19-10-12-21(13-11-19)25(22(28)26-24(2,3)4)14-16-27(17-15-25)23(29)30-18-20-8-6-5-7-9-20;1-16-7-9-18(10-8-16)21(19(23)24)11-13-22(14-12-21)20(25)26-15-17-5-3-2-4-6-17/h5-9,19,21H,10-18H2,1-4H3,(H,26,28);2-6,16,18H,7-15H2,1H3,(H,23,24). The molecule has 2 aliphatic carbocycles. The van der Waals surface area contributed by atoms with Crippen LogP contribution >= 0.6 is 0 Å². The van der Waals surface area contributed by atoms with Gasteiger partial charge in [-0.1, -0.05) is 100 Å². The average Bonchev–Trinajstić information content (AvgIpc) is 3.20. The lowest BCUT2D eigenvalue weighted by Gasteiger charge is -2.48. The highest BCUT2D eigenvalue weighted by molar-refractivity contribution is 5.84. The summed E-state index contributed by atoms with van der Waals surface area (Å²) in [7, 11) is 0. The number of piperidine rings is 2. The van der Waals surface area contributed by atoms with E-state index < -0.39 is 11.4 Å². The van der Waals surface area contributed by atoms with Gasteiger partial charge >= 0.3 is 18.2 Å². The van der Waals surface area contributed by atoms with Crippen LogP contribution in [0.2, 0.25) is 0 Å². The number of carbonyl (C=O) groups excluding carboxylic acids is 3. The molecule has 2 aromatic rings. The van der Waals surface area contributed by atoms with Crippen LogP contribution in [0.1, 0.15) is 123 Å². The third kappa shape index (κ3) is 11.3. The fraction of sp³-hybridized carbons (Fsp3) is 0.652. The lowest BCUT2D eigenvalue weighted by Crippen LogP contribution is -2.57. The number of aliphatic carboxylic acids is 1. The molecule has 0 spiro atoms. The van der Waals surface area contributed by atoms with Gasteiger partial charge in [0, 0.05) is 31.7 Å². The maximum atomic E-state index is 13.5. The highest BCUT2D eigenvalue weighted by Gasteiger charge is 2.50. The zero-order chi connectivity index (χ0) is 40.3. The highest BCUT2D eigenvalue weighted by Crippen LogP contribution is 2.48. The van der Waals surface area contributed by atoms with Crippen molar-refractivity contribution >= 4 is 24.1 Å². The molecule has 10 nitrogen and oxygen atoms in total. The predicted octanol–water partition coefficient (Wildman–Crippen LogP) is 9.46. The van der Waals surface area contributed by atoms with E-state index >= 15 is 0 Å². The van der Waals surface area contributed by atoms with Crippen LogP contribution in [-0.2, 0) is 32.3 Å². The molecule has 0 bridgehead atoms. The van der Waals surface area contributed by atoms with Crippen molar-refractivity contribution in [3.8, 4) is 0 Å². The molecule has 308 valence electrons. The van der Waals surface area contributed by atoms with Crippen molar-refractivity contribution in [1.29, 1.82) is 0 Å². The summed E-state index contributed by atoms with van der Waals surface area (Å²) in [5.41, 5.74) is 0.643. The van der Waals surface area contributed by atoms with Crippen LogP contribution < -0.4 is 5.32 Å². The molecule has 4 aliphatic rings. The lowest BCUT2D eigenvalue weighted by molar-refractivity contribution is -0.158. The van der Waals surface area contributed by atoms with Crippen molar-refractivity contribution in [2.24, 2.45) is 34.5 Å². The molecule has 6 rings (SSSR count). The van der Waals surface area contributed by atoms with Crippen LogP contribution in [0.15, 0.2) is 60.7 Å². The SMILES string of the molecule is CC1CCC(C2(C(=O)NC(C)(C)C)CCN(C(=O)OCc3ccccc3)CC2)CC1.CC1CCC(C2(C(=O)O)CCN(C(=O)OCc3ccccc3)CC2)CC1. The van der Waals surface area contributed by atoms with Gasteiger partial charge in [-0.25, -0.2) is 9.59 Å². The second kappa shape index (κ2) is 19.4. The van der Waals surface area contributed by atoms with Gasteiger partial charge in [0.05, 0.1) is 10.8 Å². The van der Waals surface area contributed by atoms with E-state index in [9.17, 15) is 24.3 Å². The molecule has 56 heavy (non-hydrogen) atoms. The second-order valence-electron chi connectivity index (χ2n) is 18.3. The van der Waals surface area contributed by atoms with Gasteiger partial charge in [0.1, 0.15) is 13.2 Å². The van der Waals surface area contributed by atoms with Gasteiger partial charge in [0.25, 0.3) is 0 Å². The summed E-state index contributed by atoms with van der Waals surface area (Å²) in [6.45, 7) is 13.3. The summed E-state index contributed by atoms with van der Waals surface area (Å²) in [6.07, 6.45) is 10.7. The Hall–Kier alpha value is -4.08. The molecular formula is C46H67N3O7. The van der Waals surface area contributed by atoms with Gasteiger partial charge in [-0.15, -0.1) is 0 Å². The summed E-state index contributed by atoms with van der Waals surface area (Å²) < 4.78 is 10.9. The van der Waals surface area contributed by atoms with E-state index in [4.69, 9.17) is 9.47 Å². The third-order valence-corrected chi connectivity index (χ3v) is 13.2. The van der Waals surface area contributed by atoms with Gasteiger partial charge in [-0.2, -0.15) is 0 Å². The van der Waals surface area contributed by atoms with E-state index in [1.54, 1.807) is 9.80 Å². The van der Waals surface area contributed by atoms with Crippen molar-refractivity contribution in [1.82, 2.24) is 15.1 Å². The number of carboxylic acid groups (broad SMARTS) is 1. The second-order valence-corrected chi connectivity index (χ2v) is 18.3. The first-order chi connectivity index (χ1) is 26.7. The number of amides is 3. The molecule has 0 aromatic heterocycles. The fourth-order valence-corrected chi connectivity index (χ4v) is 9.51. The quantitative estimate of drug-likeness (QED) is 0.274. The lowest BCUT2D eigenvalue weighted by atomic mass is 9.62. The van der Waals surface area contributed by atoms with Crippen LogP contribution in [0.3, 0.4) is 0 Å². The number of rotatable bonds is 8. The first kappa shape index (κ1) is 43.1. The number of hydrogen-bond donors (Lipinski definition) is 2. The predicted molar refractivity (Wildman–Crippen MR) is 218 cm³/mol. The number of ether oxygens (including phenoxy) is 2. The molecule has 4 fully saturated rings. The Kier molecular flexibility index (Phi) is 14.9. The van der Waals surface area contributed by atoms with Crippen LogP contribution in [0.5, 0.6) is 0 Å². The van der Waals surface area contributed by atoms with Crippen molar-refractivity contribution in [3.05, 3.63) is 71.8 Å². The smallest absolute Gasteiger partial charge is 0.410 e. The van der Waals surface area contributed by atoms with Crippen LogP contribution in [0.25, 0.3) is 0 Å². The Morgan fingerprint density at radius 2 is 0.982 bits per heavy atom. The molecule has 2 heterocycles. The molecule has 0 unspecified atom stereocenters. The highest BCUT2D eigenvalue weighted by atomic mass is 16.6. The van der Waals surface area contributed by atoms with Crippen LogP contribution in [0, 0.1) is 34.5 Å². The number of carboxylic acids is 1. The molecule has 2 N–H and O–H groups in total. The summed E-state index contributed by atoms with van der Waals surface area (Å²) >= 11 is 0. The number of hydrogen-bond acceptors (Lipinski definition) is 6. The average molecular weight is 774 g/mol. The van der Waals surface area contributed by atoms with Gasteiger partial charge < -0.3 is 29.7 Å². The van der Waals surface area contributed by atoms with Crippen LogP contribution in [0.4, 0.5) is 9.59 Å². The Balaban J connectivity index is 0.000000216. The summed E-state index contributed by atoms with van der Waals surface area (Å²) in [4.78, 5) is 53.9. The minimum absolute atomic E-state index is 0.173. The topological polar surface area (TPSA) is 125 Å². The zero-order valence-corrected chi connectivity index (χ0v) is 34.6. The van der Waals surface area contributed by atoms with Gasteiger partial charge in [-0.05, 0) is 107 Å². The minimum atomic E-state index is -0.686. The van der Waals surface area contributed by atoms with E-state index in [0.29, 0.717) is 63.7 Å². The Morgan fingerprint density at radius 1 is 0.625 bits per heavy atom. The van der Waals surface area contributed by atoms with E-state index in [0.717, 1.165) is 55.6 Å². The molecule has 2 aliphatic heterocycles. The fourth-order valence-electron chi connectivity index (χ4n) is 9.51. The van der Waals surface area contributed by atoms with Crippen molar-refractivity contribution < 1.29 is 33.8 Å². The minimum Gasteiger partial charge on any atom is -0.481 e. The Bertz CT molecular complexity index is 1560. The number of benzene rings is 2. The van der Waals surface area contributed by atoms with Crippen molar-refractivity contribution in [2.75, 3.05) is 26.2 Å². The van der Waals surface area contributed by atoms with Gasteiger partial charge in [0.15, 0.2) is 0 Å². The number of likely N-dealkylation sites (tertiary alicyclic amines) is 2. The maximum Gasteiger partial charge on any atom is 0.410 e. The first-order valence-corrected chi connectivity index (χ1v) is 21.2. The first-order valence-electron chi connectivity index (χ1n) is 21.2. The van der Waals surface area contributed by atoms with E-state index in [1.807, 2.05) is 81.4 Å². The maximum absolute atomic E-state index is 13.5. The van der Waals surface area contributed by atoms with Crippen molar-refractivity contribution in [2.45, 2.75) is 130 Å². The summed E-state index contributed by atoms with van der Waals surface area (Å²) in [5.74, 6) is 1.57. The molecular weight excluding hydrogens is 707 g/mol. The zero-order valence-electron chi connectivity index (χ0n) is 34.6. The monoisotopic (exact) mass is 773 g/mol. The van der Waals surface area contributed by atoms with E-state index in [1.165, 1.54) is 12.8 Å². The van der Waals surface area contributed by atoms with Crippen LogP contribution in [-0.4, -0.2) is 70.7 Å². The Labute approximate surface area is 335 Å². The summed E-state index contributed by atoms with van der Waals surface area (Å²) in [5, 5.41) is 13.2. The third-order valence-electron chi connectivity index (χ3n) is 13.2. The van der Waals surface area contributed by atoms with Crippen molar-refractivity contribution in [3.63, 3.8) is 0 Å². The number of carbonyl (C=O) groups is 4. The largest absolute Gasteiger partial charge is 0.481 e. The summed E-state index contributed by atoms with van der Waals surface area (Å²) in [6, 6.07) is 19.3. The van der Waals surface area contributed by atoms with Gasteiger partial charge in [-0.3, -0.25) is 9.59 Å². The van der Waals surface area contributed by atoms with E-state index in [-0.39, 0.29) is 48.2 Å². The molecule has 2 saturated carbocycles. The molecule has 2 saturated heterocycles. The normalized spacial score (nSPS) is 24.8. The Morgan fingerprint density at radius 3 is 1.34 bits per heavy atom.